The van der Waals surface area contributed by atoms with Crippen LogP contribution in [0.2, 0.25) is 5.02 Å². The molecule has 0 atom stereocenters. The maximum absolute atomic E-state index is 12.8. The van der Waals surface area contributed by atoms with Gasteiger partial charge >= 0.3 is 6.18 Å². The van der Waals surface area contributed by atoms with Crippen LogP contribution in [0.4, 0.5) is 13.2 Å². The quantitative estimate of drug-likeness (QED) is 0.844. The van der Waals surface area contributed by atoms with Gasteiger partial charge in [-0.1, -0.05) is 29.8 Å². The van der Waals surface area contributed by atoms with Gasteiger partial charge in [0.05, 0.1) is 5.56 Å². The van der Waals surface area contributed by atoms with Crippen LogP contribution in [0.15, 0.2) is 41.3 Å². The summed E-state index contributed by atoms with van der Waals surface area (Å²) in [5, 5.41) is -0.255. The fourth-order valence-corrected chi connectivity index (χ4v) is 1.85. The van der Waals surface area contributed by atoms with Gasteiger partial charge in [0.2, 0.25) is 0 Å². The Labute approximate surface area is 105 Å². The largest absolute Gasteiger partial charge is 0.417 e. The molecular weight excluding hydrogens is 267 g/mol. The molecular formula is C12H7ClF3NO. The molecule has 0 aliphatic heterocycles. The van der Waals surface area contributed by atoms with Gasteiger partial charge < -0.3 is 4.98 Å². The van der Waals surface area contributed by atoms with Crippen LogP contribution in [0.1, 0.15) is 5.56 Å². The Bertz CT molecular complexity index is 634. The lowest BCUT2D eigenvalue weighted by molar-refractivity contribution is -0.137. The van der Waals surface area contributed by atoms with Crippen LogP contribution < -0.4 is 5.56 Å². The summed E-state index contributed by atoms with van der Waals surface area (Å²) in [7, 11) is 0. The first-order chi connectivity index (χ1) is 8.41. The van der Waals surface area contributed by atoms with Crippen LogP contribution in [0.5, 0.6) is 0 Å². The van der Waals surface area contributed by atoms with Crippen molar-refractivity contribution < 1.29 is 13.2 Å². The van der Waals surface area contributed by atoms with Crippen LogP contribution in [0, 0.1) is 0 Å². The molecule has 0 radical (unpaired) electrons. The van der Waals surface area contributed by atoms with E-state index in [0.717, 1.165) is 6.07 Å². The topological polar surface area (TPSA) is 32.9 Å². The van der Waals surface area contributed by atoms with Gasteiger partial charge in [-0.2, -0.15) is 13.2 Å². The van der Waals surface area contributed by atoms with Gasteiger partial charge in [0.15, 0.2) is 0 Å². The van der Waals surface area contributed by atoms with Crippen LogP contribution >= 0.6 is 11.6 Å². The SMILES string of the molecule is O=c1[nH]ccc(-c2ccccc2C(F)(F)F)c1Cl. The number of benzene rings is 1. The van der Waals surface area contributed by atoms with E-state index in [9.17, 15) is 18.0 Å². The molecule has 0 unspecified atom stereocenters. The molecule has 18 heavy (non-hydrogen) atoms. The van der Waals surface area contributed by atoms with Gasteiger partial charge in [-0.05, 0) is 17.7 Å². The summed E-state index contributed by atoms with van der Waals surface area (Å²) in [4.78, 5) is 13.6. The van der Waals surface area contributed by atoms with Crippen molar-refractivity contribution in [1.29, 1.82) is 0 Å². The normalized spacial score (nSPS) is 11.6. The number of nitrogens with one attached hydrogen (secondary N) is 1. The highest BCUT2D eigenvalue weighted by atomic mass is 35.5. The Balaban J connectivity index is 2.73. The van der Waals surface area contributed by atoms with E-state index in [0.29, 0.717) is 0 Å². The van der Waals surface area contributed by atoms with Crippen LogP contribution in [-0.2, 0) is 6.18 Å². The fraction of sp³-hybridized carbons (Fsp3) is 0.0833. The molecule has 2 nitrogen and oxygen atoms in total. The lowest BCUT2D eigenvalue weighted by Gasteiger charge is -2.13. The van der Waals surface area contributed by atoms with Crippen molar-refractivity contribution in [1.82, 2.24) is 4.98 Å². The average molecular weight is 274 g/mol. The second kappa shape index (κ2) is 4.49. The second-order valence-corrected chi connectivity index (χ2v) is 3.96. The van der Waals surface area contributed by atoms with Crippen molar-refractivity contribution in [2.75, 3.05) is 0 Å². The standard InChI is InChI=1S/C12H7ClF3NO/c13-10-8(5-6-17-11(10)18)7-3-1-2-4-9(7)12(14,15)16/h1-6H,(H,17,18). The van der Waals surface area contributed by atoms with Crippen LogP contribution in [0.3, 0.4) is 0 Å². The Hall–Kier alpha value is -1.75. The number of alkyl halides is 3. The first kappa shape index (κ1) is 12.7. The molecule has 1 aromatic carbocycles. The van der Waals surface area contributed by atoms with Gasteiger partial charge in [-0.25, -0.2) is 0 Å². The molecule has 0 bridgehead atoms. The first-order valence-electron chi connectivity index (χ1n) is 4.95. The highest BCUT2D eigenvalue weighted by Gasteiger charge is 2.33. The van der Waals surface area contributed by atoms with Gasteiger partial charge in [-0.3, -0.25) is 4.79 Å². The molecule has 0 amide bonds. The molecule has 94 valence electrons. The monoisotopic (exact) mass is 273 g/mol. The van der Waals surface area contributed by atoms with Crippen molar-refractivity contribution in [3.05, 3.63) is 57.5 Å². The number of halogens is 4. The Morgan fingerprint density at radius 3 is 2.39 bits per heavy atom. The zero-order valence-electron chi connectivity index (χ0n) is 8.88. The number of pyridine rings is 1. The van der Waals surface area contributed by atoms with Gasteiger partial charge in [-0.15, -0.1) is 0 Å². The lowest BCUT2D eigenvalue weighted by atomic mass is 10.0. The van der Waals surface area contributed by atoms with E-state index in [4.69, 9.17) is 11.6 Å². The molecule has 1 heterocycles. The average Bonchev–Trinajstić information content (AvgIpc) is 2.32. The third-order valence-corrected chi connectivity index (χ3v) is 2.80. The molecule has 0 fully saturated rings. The molecule has 0 spiro atoms. The van der Waals surface area contributed by atoms with Crippen molar-refractivity contribution in [2.45, 2.75) is 6.18 Å². The van der Waals surface area contributed by atoms with E-state index >= 15 is 0 Å². The number of hydrogen-bond acceptors (Lipinski definition) is 1. The van der Waals surface area contributed by atoms with Gasteiger partial charge in [0, 0.05) is 11.8 Å². The number of aromatic amines is 1. The van der Waals surface area contributed by atoms with E-state index in [1.807, 2.05) is 0 Å². The number of hydrogen-bond donors (Lipinski definition) is 1. The maximum atomic E-state index is 12.8. The summed E-state index contributed by atoms with van der Waals surface area (Å²) < 4.78 is 38.5. The Kier molecular flexibility index (Phi) is 3.17. The van der Waals surface area contributed by atoms with Gasteiger partial charge in [0.25, 0.3) is 5.56 Å². The summed E-state index contributed by atoms with van der Waals surface area (Å²) in [6.07, 6.45) is -3.24. The summed E-state index contributed by atoms with van der Waals surface area (Å²) in [6, 6.07) is 6.32. The second-order valence-electron chi connectivity index (χ2n) is 3.58. The molecule has 0 saturated carbocycles. The first-order valence-corrected chi connectivity index (χ1v) is 5.33. The summed E-state index contributed by atoms with van der Waals surface area (Å²) in [5.74, 6) is 0. The molecule has 1 N–H and O–H groups in total. The molecule has 2 aromatic rings. The van der Waals surface area contributed by atoms with E-state index in [-0.39, 0.29) is 16.1 Å². The van der Waals surface area contributed by atoms with Crippen molar-refractivity contribution >= 4 is 11.6 Å². The third kappa shape index (κ3) is 2.26. The maximum Gasteiger partial charge on any atom is 0.417 e. The summed E-state index contributed by atoms with van der Waals surface area (Å²) in [6.45, 7) is 0. The molecule has 2 rings (SSSR count). The van der Waals surface area contributed by atoms with E-state index < -0.39 is 17.3 Å². The van der Waals surface area contributed by atoms with E-state index in [1.54, 1.807) is 0 Å². The minimum Gasteiger partial charge on any atom is -0.328 e. The van der Waals surface area contributed by atoms with E-state index in [1.165, 1.54) is 30.5 Å². The summed E-state index contributed by atoms with van der Waals surface area (Å²) in [5.41, 5.74) is -1.49. The molecule has 6 heteroatoms. The van der Waals surface area contributed by atoms with Crippen LogP contribution in [-0.4, -0.2) is 4.98 Å². The Morgan fingerprint density at radius 1 is 1.06 bits per heavy atom. The number of aromatic nitrogens is 1. The van der Waals surface area contributed by atoms with Crippen molar-refractivity contribution in [2.24, 2.45) is 0 Å². The lowest BCUT2D eigenvalue weighted by Crippen LogP contribution is -2.10. The molecule has 0 aliphatic carbocycles. The summed E-state index contributed by atoms with van der Waals surface area (Å²) >= 11 is 5.74. The van der Waals surface area contributed by atoms with Crippen molar-refractivity contribution in [3.8, 4) is 11.1 Å². The highest BCUT2D eigenvalue weighted by molar-refractivity contribution is 6.33. The molecule has 1 aromatic heterocycles. The van der Waals surface area contributed by atoms with Crippen LogP contribution in [0.25, 0.3) is 11.1 Å². The van der Waals surface area contributed by atoms with Crippen molar-refractivity contribution in [3.63, 3.8) is 0 Å². The fourth-order valence-electron chi connectivity index (χ4n) is 1.63. The zero-order chi connectivity index (χ0) is 13.3. The third-order valence-electron chi connectivity index (χ3n) is 2.42. The smallest absolute Gasteiger partial charge is 0.328 e. The molecule has 0 aliphatic rings. The predicted molar refractivity (Wildman–Crippen MR) is 62.5 cm³/mol. The van der Waals surface area contributed by atoms with Gasteiger partial charge in [0.1, 0.15) is 5.02 Å². The molecule has 0 saturated heterocycles. The zero-order valence-corrected chi connectivity index (χ0v) is 9.64. The minimum absolute atomic E-state index is 0.0633. The highest BCUT2D eigenvalue weighted by Crippen LogP contribution is 2.38. The van der Waals surface area contributed by atoms with E-state index in [2.05, 4.69) is 4.98 Å². The minimum atomic E-state index is -4.50. The number of H-pyrrole nitrogens is 1. The predicted octanol–water partition coefficient (Wildman–Crippen LogP) is 3.71. The Morgan fingerprint density at radius 2 is 1.72 bits per heavy atom. The number of rotatable bonds is 1.